The maximum absolute atomic E-state index is 11.0. The maximum atomic E-state index is 11.0. The first-order chi connectivity index (χ1) is 13.5. The zero-order valence-corrected chi connectivity index (χ0v) is 16.0. The Morgan fingerprint density at radius 1 is 1.36 bits per heavy atom. The topological polar surface area (TPSA) is 93.4 Å². The molecule has 1 atom stereocenters. The standard InChI is InChI=1S/C20H23N5O3/c1-13-8-19(21-17-9-15(28-2)5-6-16(13)17)24-7-3-4-14(10-24)11-25-12-18(20(26)27)22-23-25/h5-6,8-9,12,14H,3-4,7,10-11H2,1-2H3,(H,26,27)/t14-/m1/s1. The molecule has 0 amide bonds. The molecule has 0 spiro atoms. The van der Waals surface area contributed by atoms with Crippen molar-refractivity contribution >= 4 is 22.7 Å². The maximum Gasteiger partial charge on any atom is 0.358 e. The van der Waals surface area contributed by atoms with Gasteiger partial charge in [-0.3, -0.25) is 4.68 Å². The van der Waals surface area contributed by atoms with Crippen molar-refractivity contribution in [1.29, 1.82) is 0 Å². The SMILES string of the molecule is COc1ccc2c(C)cc(N3CCC[C@@H](Cn4cc(C(=O)O)nn4)C3)nc2c1. The van der Waals surface area contributed by atoms with Gasteiger partial charge < -0.3 is 14.7 Å². The summed E-state index contributed by atoms with van der Waals surface area (Å²) in [6, 6.07) is 8.10. The van der Waals surface area contributed by atoms with Crippen molar-refractivity contribution in [3.8, 4) is 5.75 Å². The second-order valence-electron chi connectivity index (χ2n) is 7.27. The molecule has 2 aromatic heterocycles. The molecule has 0 aliphatic carbocycles. The van der Waals surface area contributed by atoms with E-state index in [0.29, 0.717) is 12.5 Å². The summed E-state index contributed by atoms with van der Waals surface area (Å²) in [6.45, 7) is 4.56. The molecule has 0 unspecified atom stereocenters. The largest absolute Gasteiger partial charge is 0.497 e. The first-order valence-electron chi connectivity index (χ1n) is 9.37. The van der Waals surface area contributed by atoms with Gasteiger partial charge in [0.1, 0.15) is 11.6 Å². The first-order valence-corrected chi connectivity index (χ1v) is 9.37. The van der Waals surface area contributed by atoms with Crippen molar-refractivity contribution in [3.63, 3.8) is 0 Å². The number of hydrogen-bond donors (Lipinski definition) is 1. The van der Waals surface area contributed by atoms with Gasteiger partial charge in [0.15, 0.2) is 5.69 Å². The number of aromatic carboxylic acids is 1. The number of fused-ring (bicyclic) bond motifs is 1. The summed E-state index contributed by atoms with van der Waals surface area (Å²) in [6.07, 6.45) is 3.62. The van der Waals surface area contributed by atoms with Gasteiger partial charge in [-0.05, 0) is 49.4 Å². The molecular formula is C20H23N5O3. The van der Waals surface area contributed by atoms with Crippen molar-refractivity contribution in [3.05, 3.63) is 41.7 Å². The normalized spacial score (nSPS) is 17.1. The Kier molecular flexibility index (Phi) is 4.85. The van der Waals surface area contributed by atoms with Crippen molar-refractivity contribution in [1.82, 2.24) is 20.0 Å². The first kappa shape index (κ1) is 18.2. The van der Waals surface area contributed by atoms with Crippen LogP contribution in [0.15, 0.2) is 30.5 Å². The van der Waals surface area contributed by atoms with Gasteiger partial charge in [0.25, 0.3) is 0 Å². The second-order valence-corrected chi connectivity index (χ2v) is 7.27. The van der Waals surface area contributed by atoms with E-state index in [1.807, 2.05) is 18.2 Å². The molecule has 1 aliphatic heterocycles. The fourth-order valence-corrected chi connectivity index (χ4v) is 3.83. The van der Waals surface area contributed by atoms with Crippen LogP contribution in [0.4, 0.5) is 5.82 Å². The summed E-state index contributed by atoms with van der Waals surface area (Å²) in [7, 11) is 1.66. The third-order valence-electron chi connectivity index (χ3n) is 5.26. The fourth-order valence-electron chi connectivity index (χ4n) is 3.83. The summed E-state index contributed by atoms with van der Waals surface area (Å²) in [5.74, 6) is 1.07. The fraction of sp³-hybridized carbons (Fsp3) is 0.400. The number of carboxylic acids is 1. The number of anilines is 1. The van der Waals surface area contributed by atoms with E-state index in [1.165, 1.54) is 11.8 Å². The number of pyridine rings is 1. The molecule has 1 aliphatic rings. The number of aromatic nitrogens is 4. The van der Waals surface area contributed by atoms with Crippen molar-refractivity contribution in [2.24, 2.45) is 5.92 Å². The van der Waals surface area contributed by atoms with Crippen LogP contribution in [0.25, 0.3) is 10.9 Å². The number of carbonyl (C=O) groups is 1. The quantitative estimate of drug-likeness (QED) is 0.726. The van der Waals surface area contributed by atoms with Gasteiger partial charge in [-0.1, -0.05) is 5.21 Å². The van der Waals surface area contributed by atoms with E-state index < -0.39 is 5.97 Å². The lowest BCUT2D eigenvalue weighted by Crippen LogP contribution is -2.37. The Bertz CT molecular complexity index is 1020. The van der Waals surface area contributed by atoms with E-state index in [-0.39, 0.29) is 5.69 Å². The zero-order chi connectivity index (χ0) is 19.7. The highest BCUT2D eigenvalue weighted by Crippen LogP contribution is 2.28. The second kappa shape index (κ2) is 7.46. The van der Waals surface area contributed by atoms with Gasteiger partial charge in [0.05, 0.1) is 18.8 Å². The molecule has 28 heavy (non-hydrogen) atoms. The minimum Gasteiger partial charge on any atom is -0.497 e. The molecule has 0 saturated carbocycles. The van der Waals surface area contributed by atoms with Crippen LogP contribution in [0, 0.1) is 12.8 Å². The number of ether oxygens (including phenoxy) is 1. The molecule has 0 bridgehead atoms. The number of benzene rings is 1. The minimum absolute atomic E-state index is 0.0200. The van der Waals surface area contributed by atoms with E-state index in [1.54, 1.807) is 11.8 Å². The van der Waals surface area contributed by atoms with Gasteiger partial charge in [0.2, 0.25) is 0 Å². The number of piperidine rings is 1. The van der Waals surface area contributed by atoms with E-state index in [0.717, 1.165) is 48.4 Å². The lowest BCUT2D eigenvalue weighted by atomic mass is 9.98. The van der Waals surface area contributed by atoms with E-state index in [9.17, 15) is 4.79 Å². The number of aryl methyl sites for hydroxylation is 1. The van der Waals surface area contributed by atoms with Crippen LogP contribution in [0.5, 0.6) is 5.75 Å². The van der Waals surface area contributed by atoms with Crippen molar-refractivity contribution < 1.29 is 14.6 Å². The van der Waals surface area contributed by atoms with E-state index >= 15 is 0 Å². The Morgan fingerprint density at radius 2 is 2.21 bits per heavy atom. The van der Waals surface area contributed by atoms with Crippen LogP contribution in [-0.2, 0) is 6.54 Å². The molecule has 146 valence electrons. The van der Waals surface area contributed by atoms with E-state index in [2.05, 4.69) is 28.2 Å². The highest BCUT2D eigenvalue weighted by atomic mass is 16.5. The van der Waals surface area contributed by atoms with E-state index in [4.69, 9.17) is 14.8 Å². The highest BCUT2D eigenvalue weighted by molar-refractivity contribution is 5.85. The molecule has 4 rings (SSSR count). The summed E-state index contributed by atoms with van der Waals surface area (Å²) in [5.41, 5.74) is 2.10. The average Bonchev–Trinajstić information content (AvgIpc) is 3.16. The van der Waals surface area contributed by atoms with Gasteiger partial charge in [-0.25, -0.2) is 9.78 Å². The third kappa shape index (κ3) is 3.62. The summed E-state index contributed by atoms with van der Waals surface area (Å²) in [5, 5.41) is 17.8. The molecule has 1 fully saturated rings. The Hall–Kier alpha value is -3.16. The van der Waals surface area contributed by atoms with Gasteiger partial charge in [-0.15, -0.1) is 5.10 Å². The minimum atomic E-state index is -1.05. The predicted octanol–water partition coefficient (Wildman–Crippen LogP) is 2.76. The van der Waals surface area contributed by atoms with Crippen LogP contribution < -0.4 is 9.64 Å². The molecule has 3 aromatic rings. The number of methoxy groups -OCH3 is 1. The van der Waals surface area contributed by atoms with Gasteiger partial charge in [-0.2, -0.15) is 0 Å². The number of carboxylic acid groups (broad SMARTS) is 1. The summed E-state index contributed by atoms with van der Waals surface area (Å²) in [4.78, 5) is 18.2. The molecular weight excluding hydrogens is 358 g/mol. The Morgan fingerprint density at radius 3 is 2.96 bits per heavy atom. The monoisotopic (exact) mass is 381 g/mol. The average molecular weight is 381 g/mol. The van der Waals surface area contributed by atoms with Crippen LogP contribution in [0.1, 0.15) is 28.9 Å². The predicted molar refractivity (Wildman–Crippen MR) is 105 cm³/mol. The van der Waals surface area contributed by atoms with Crippen molar-refractivity contribution in [2.45, 2.75) is 26.3 Å². The molecule has 1 N–H and O–H groups in total. The number of rotatable bonds is 5. The smallest absolute Gasteiger partial charge is 0.358 e. The molecule has 8 nitrogen and oxygen atoms in total. The summed E-state index contributed by atoms with van der Waals surface area (Å²) >= 11 is 0. The van der Waals surface area contributed by atoms with Gasteiger partial charge in [0, 0.05) is 31.1 Å². The summed E-state index contributed by atoms with van der Waals surface area (Å²) < 4.78 is 6.97. The molecule has 3 heterocycles. The third-order valence-corrected chi connectivity index (χ3v) is 5.26. The molecule has 1 saturated heterocycles. The number of hydrogen-bond acceptors (Lipinski definition) is 6. The zero-order valence-electron chi connectivity index (χ0n) is 16.0. The Balaban J connectivity index is 1.54. The number of nitrogens with zero attached hydrogens (tertiary/aromatic N) is 5. The van der Waals surface area contributed by atoms with Crippen LogP contribution in [0.2, 0.25) is 0 Å². The molecule has 1 aromatic carbocycles. The van der Waals surface area contributed by atoms with Crippen LogP contribution in [-0.4, -0.2) is 51.3 Å². The Labute approximate surface area is 162 Å². The van der Waals surface area contributed by atoms with Crippen molar-refractivity contribution in [2.75, 3.05) is 25.1 Å². The van der Waals surface area contributed by atoms with Gasteiger partial charge >= 0.3 is 5.97 Å². The molecule has 0 radical (unpaired) electrons. The van der Waals surface area contributed by atoms with Crippen LogP contribution in [0.3, 0.4) is 0 Å². The lowest BCUT2D eigenvalue weighted by molar-refractivity contribution is 0.0690. The molecule has 8 heteroatoms. The highest BCUT2D eigenvalue weighted by Gasteiger charge is 2.23. The van der Waals surface area contributed by atoms with Crippen LogP contribution >= 0.6 is 0 Å². The lowest BCUT2D eigenvalue weighted by Gasteiger charge is -2.33.